The highest BCUT2D eigenvalue weighted by atomic mass is 16.7. The first-order valence-electron chi connectivity index (χ1n) is 4.74. The van der Waals surface area contributed by atoms with E-state index in [1.807, 2.05) is 25.1 Å². The molecule has 0 saturated carbocycles. The van der Waals surface area contributed by atoms with Crippen molar-refractivity contribution in [1.82, 2.24) is 0 Å². The van der Waals surface area contributed by atoms with Gasteiger partial charge in [-0.3, -0.25) is 0 Å². The van der Waals surface area contributed by atoms with E-state index >= 15 is 0 Å². The third kappa shape index (κ3) is 2.00. The van der Waals surface area contributed by atoms with Gasteiger partial charge in [0.05, 0.1) is 6.54 Å². The minimum Gasteiger partial charge on any atom is -0.454 e. The molecule has 1 unspecified atom stereocenters. The first-order valence-corrected chi connectivity index (χ1v) is 4.74. The second-order valence-corrected chi connectivity index (χ2v) is 3.45. The quantitative estimate of drug-likeness (QED) is 0.559. The highest BCUT2D eigenvalue weighted by Gasteiger charge is 2.15. The van der Waals surface area contributed by atoms with Crippen molar-refractivity contribution < 1.29 is 14.3 Å². The van der Waals surface area contributed by atoms with Gasteiger partial charge in [-0.2, -0.15) is 0 Å². The predicted octanol–water partition coefficient (Wildman–Crippen LogP) is 1.85. The van der Waals surface area contributed by atoms with Gasteiger partial charge in [0, 0.05) is 5.92 Å². The SMILES string of the molecule is CC(CN=C=O)c1ccc2c(c1)OCO2. The van der Waals surface area contributed by atoms with Crippen LogP contribution in [0.25, 0.3) is 0 Å². The fraction of sp³-hybridized carbons (Fsp3) is 0.364. The van der Waals surface area contributed by atoms with Crippen molar-refractivity contribution in [2.24, 2.45) is 4.99 Å². The van der Waals surface area contributed by atoms with Crippen LogP contribution in [0.15, 0.2) is 23.2 Å². The largest absolute Gasteiger partial charge is 0.454 e. The summed E-state index contributed by atoms with van der Waals surface area (Å²) in [4.78, 5) is 13.6. The molecule has 4 nitrogen and oxygen atoms in total. The first kappa shape index (κ1) is 9.74. The van der Waals surface area contributed by atoms with E-state index in [1.165, 1.54) is 6.08 Å². The van der Waals surface area contributed by atoms with Gasteiger partial charge in [0.15, 0.2) is 11.5 Å². The zero-order valence-electron chi connectivity index (χ0n) is 8.40. The van der Waals surface area contributed by atoms with E-state index in [4.69, 9.17) is 9.47 Å². The van der Waals surface area contributed by atoms with Crippen LogP contribution in [0, 0.1) is 0 Å². The van der Waals surface area contributed by atoms with Gasteiger partial charge in [-0.25, -0.2) is 9.79 Å². The zero-order chi connectivity index (χ0) is 10.7. The number of isocyanates is 1. The number of benzene rings is 1. The number of rotatable bonds is 3. The molecule has 0 radical (unpaired) electrons. The normalized spacial score (nSPS) is 14.5. The predicted molar refractivity (Wildman–Crippen MR) is 54.0 cm³/mol. The van der Waals surface area contributed by atoms with Crippen molar-refractivity contribution in [3.05, 3.63) is 23.8 Å². The molecule has 15 heavy (non-hydrogen) atoms. The molecule has 1 aromatic rings. The van der Waals surface area contributed by atoms with E-state index in [-0.39, 0.29) is 12.7 Å². The van der Waals surface area contributed by atoms with E-state index in [1.54, 1.807) is 0 Å². The minimum atomic E-state index is 0.181. The number of hydrogen-bond donors (Lipinski definition) is 0. The number of fused-ring (bicyclic) bond motifs is 1. The third-order valence-corrected chi connectivity index (χ3v) is 2.40. The van der Waals surface area contributed by atoms with Crippen molar-refractivity contribution >= 4 is 6.08 Å². The number of aliphatic imine (C=N–C) groups is 1. The summed E-state index contributed by atoms with van der Waals surface area (Å²) in [5.41, 5.74) is 1.08. The van der Waals surface area contributed by atoms with E-state index in [0.717, 1.165) is 17.1 Å². The second-order valence-electron chi connectivity index (χ2n) is 3.45. The van der Waals surface area contributed by atoms with Crippen LogP contribution >= 0.6 is 0 Å². The maximum absolute atomic E-state index is 9.99. The maximum Gasteiger partial charge on any atom is 0.234 e. The highest BCUT2D eigenvalue weighted by molar-refractivity contribution is 5.45. The van der Waals surface area contributed by atoms with Crippen molar-refractivity contribution in [3.8, 4) is 11.5 Å². The molecule has 1 aromatic carbocycles. The van der Waals surface area contributed by atoms with Crippen LogP contribution in [0.5, 0.6) is 11.5 Å². The van der Waals surface area contributed by atoms with Crippen LogP contribution in [0.1, 0.15) is 18.4 Å². The molecule has 0 aliphatic carbocycles. The Morgan fingerprint density at radius 3 is 3.07 bits per heavy atom. The van der Waals surface area contributed by atoms with Crippen molar-refractivity contribution in [3.63, 3.8) is 0 Å². The van der Waals surface area contributed by atoms with Gasteiger partial charge in [0.1, 0.15) is 0 Å². The Morgan fingerprint density at radius 1 is 1.47 bits per heavy atom. The molecule has 2 rings (SSSR count). The highest BCUT2D eigenvalue weighted by Crippen LogP contribution is 2.34. The summed E-state index contributed by atoms with van der Waals surface area (Å²) < 4.78 is 10.5. The summed E-state index contributed by atoms with van der Waals surface area (Å²) in [5.74, 6) is 1.71. The molecular weight excluding hydrogens is 194 g/mol. The molecular formula is C11H11NO3. The van der Waals surface area contributed by atoms with Gasteiger partial charge in [-0.1, -0.05) is 13.0 Å². The van der Waals surface area contributed by atoms with E-state index in [0.29, 0.717) is 6.54 Å². The Morgan fingerprint density at radius 2 is 2.27 bits per heavy atom. The lowest BCUT2D eigenvalue weighted by molar-refractivity contribution is 0.174. The molecule has 1 aliphatic heterocycles. The topological polar surface area (TPSA) is 47.9 Å². The summed E-state index contributed by atoms with van der Waals surface area (Å²) in [7, 11) is 0. The molecule has 1 heterocycles. The molecule has 0 aromatic heterocycles. The lowest BCUT2D eigenvalue weighted by Crippen LogP contribution is -1.97. The van der Waals surface area contributed by atoms with Crippen LogP contribution in [0.2, 0.25) is 0 Å². The molecule has 0 bridgehead atoms. The molecule has 0 fully saturated rings. The van der Waals surface area contributed by atoms with Crippen LogP contribution in [0.4, 0.5) is 0 Å². The van der Waals surface area contributed by atoms with Crippen LogP contribution in [-0.2, 0) is 4.79 Å². The van der Waals surface area contributed by atoms with Gasteiger partial charge >= 0.3 is 0 Å². The van der Waals surface area contributed by atoms with Crippen LogP contribution < -0.4 is 9.47 Å². The molecule has 0 saturated heterocycles. The number of ether oxygens (including phenoxy) is 2. The van der Waals surface area contributed by atoms with Crippen molar-refractivity contribution in [2.45, 2.75) is 12.8 Å². The molecule has 0 spiro atoms. The summed E-state index contributed by atoms with van der Waals surface area (Å²) in [6, 6.07) is 5.75. The van der Waals surface area contributed by atoms with Crippen molar-refractivity contribution in [1.29, 1.82) is 0 Å². The monoisotopic (exact) mass is 205 g/mol. The average molecular weight is 205 g/mol. The van der Waals surface area contributed by atoms with Gasteiger partial charge in [-0.05, 0) is 17.7 Å². The van der Waals surface area contributed by atoms with Crippen LogP contribution in [0.3, 0.4) is 0 Å². The first-order chi connectivity index (χ1) is 7.31. The molecule has 0 N–H and O–H groups in total. The summed E-state index contributed by atoms with van der Waals surface area (Å²) in [6.45, 7) is 2.72. The fourth-order valence-corrected chi connectivity index (χ4v) is 1.50. The summed E-state index contributed by atoms with van der Waals surface area (Å²) in [5, 5.41) is 0. The average Bonchev–Trinajstić information content (AvgIpc) is 2.72. The molecule has 1 aliphatic rings. The lowest BCUT2D eigenvalue weighted by atomic mass is 10.0. The van der Waals surface area contributed by atoms with Crippen molar-refractivity contribution in [2.75, 3.05) is 13.3 Å². The Balaban J connectivity index is 2.18. The number of nitrogens with zero attached hydrogens (tertiary/aromatic N) is 1. The van der Waals surface area contributed by atoms with Crippen LogP contribution in [-0.4, -0.2) is 19.4 Å². The van der Waals surface area contributed by atoms with Gasteiger partial charge < -0.3 is 9.47 Å². The van der Waals surface area contributed by atoms with Gasteiger partial charge in [0.25, 0.3) is 0 Å². The van der Waals surface area contributed by atoms with Gasteiger partial charge in [-0.15, -0.1) is 0 Å². The standard InChI is InChI=1S/C11H11NO3/c1-8(5-12-6-13)9-2-3-10-11(4-9)15-7-14-10/h2-4,8H,5,7H2,1H3. The fourth-order valence-electron chi connectivity index (χ4n) is 1.50. The van der Waals surface area contributed by atoms with E-state index < -0.39 is 0 Å². The minimum absolute atomic E-state index is 0.181. The Labute approximate surface area is 87.5 Å². The Bertz CT molecular complexity index is 410. The third-order valence-electron chi connectivity index (χ3n) is 2.40. The molecule has 0 amide bonds. The molecule has 78 valence electrons. The zero-order valence-corrected chi connectivity index (χ0v) is 8.40. The van der Waals surface area contributed by atoms with E-state index in [2.05, 4.69) is 4.99 Å². The Kier molecular flexibility index (Phi) is 2.70. The summed E-state index contributed by atoms with van der Waals surface area (Å²) >= 11 is 0. The van der Waals surface area contributed by atoms with E-state index in [9.17, 15) is 4.79 Å². The second kappa shape index (κ2) is 4.15. The number of hydrogen-bond acceptors (Lipinski definition) is 4. The maximum atomic E-state index is 9.99. The Hall–Kier alpha value is -1.80. The number of carbonyl (C=O) groups excluding carboxylic acids is 1. The molecule has 1 atom stereocenters. The molecule has 4 heteroatoms. The summed E-state index contributed by atoms with van der Waals surface area (Å²) in [6.07, 6.45) is 1.54. The lowest BCUT2D eigenvalue weighted by Gasteiger charge is -2.08. The van der Waals surface area contributed by atoms with Gasteiger partial charge in [0.2, 0.25) is 12.9 Å². The smallest absolute Gasteiger partial charge is 0.234 e.